The molecular formula is C11H18O3. The Morgan fingerprint density at radius 2 is 2.43 bits per heavy atom. The maximum absolute atomic E-state index is 11.5. The van der Waals surface area contributed by atoms with Crippen molar-refractivity contribution in [1.29, 1.82) is 0 Å². The van der Waals surface area contributed by atoms with Crippen LogP contribution in [0.5, 0.6) is 0 Å². The van der Waals surface area contributed by atoms with Crippen molar-refractivity contribution in [2.45, 2.75) is 32.6 Å². The van der Waals surface area contributed by atoms with Crippen LogP contribution in [0.3, 0.4) is 0 Å². The molecule has 0 radical (unpaired) electrons. The van der Waals surface area contributed by atoms with Crippen molar-refractivity contribution in [2.75, 3.05) is 19.8 Å². The van der Waals surface area contributed by atoms with E-state index in [4.69, 9.17) is 9.47 Å². The molecule has 0 amide bonds. The molecule has 0 bridgehead atoms. The van der Waals surface area contributed by atoms with Crippen LogP contribution in [0.2, 0.25) is 0 Å². The molecule has 3 nitrogen and oxygen atoms in total. The molecule has 3 heteroatoms. The molecule has 0 aliphatic carbocycles. The quantitative estimate of drug-likeness (QED) is 0.613. The minimum Gasteiger partial charge on any atom is -0.501 e. The van der Waals surface area contributed by atoms with Crippen molar-refractivity contribution in [3.05, 3.63) is 11.8 Å². The zero-order valence-electron chi connectivity index (χ0n) is 8.75. The zero-order chi connectivity index (χ0) is 10.2. The predicted molar refractivity (Wildman–Crippen MR) is 54.0 cm³/mol. The molecule has 1 heterocycles. The monoisotopic (exact) mass is 198 g/mol. The first-order valence-electron chi connectivity index (χ1n) is 5.26. The van der Waals surface area contributed by atoms with Crippen molar-refractivity contribution in [3.63, 3.8) is 0 Å². The number of carbonyl (C=O) groups excluding carboxylic acids is 1. The van der Waals surface area contributed by atoms with Crippen molar-refractivity contribution in [1.82, 2.24) is 0 Å². The van der Waals surface area contributed by atoms with Crippen LogP contribution in [-0.4, -0.2) is 25.6 Å². The van der Waals surface area contributed by atoms with Crippen LogP contribution in [0.4, 0.5) is 0 Å². The maximum Gasteiger partial charge on any atom is 0.164 e. The molecule has 0 fully saturated rings. The van der Waals surface area contributed by atoms with Gasteiger partial charge in [-0.25, -0.2) is 0 Å². The fourth-order valence-electron chi connectivity index (χ4n) is 1.34. The van der Waals surface area contributed by atoms with E-state index in [0.717, 1.165) is 38.0 Å². The summed E-state index contributed by atoms with van der Waals surface area (Å²) in [6.45, 7) is 4.06. The fourth-order valence-corrected chi connectivity index (χ4v) is 1.34. The molecule has 0 aromatic heterocycles. The molecule has 0 saturated carbocycles. The van der Waals surface area contributed by atoms with Gasteiger partial charge in [0, 0.05) is 18.6 Å². The lowest BCUT2D eigenvalue weighted by atomic mass is 10.0. The molecule has 0 unspecified atom stereocenters. The van der Waals surface area contributed by atoms with Crippen LogP contribution >= 0.6 is 0 Å². The number of hydrogen-bond donors (Lipinski definition) is 0. The van der Waals surface area contributed by atoms with Gasteiger partial charge in [0.1, 0.15) is 0 Å². The van der Waals surface area contributed by atoms with Crippen LogP contribution in [0.15, 0.2) is 11.8 Å². The van der Waals surface area contributed by atoms with Gasteiger partial charge in [-0.3, -0.25) is 4.79 Å². The SMILES string of the molecule is CCCOCCC(=O)C1=COCCC1. The highest BCUT2D eigenvalue weighted by atomic mass is 16.5. The lowest BCUT2D eigenvalue weighted by Gasteiger charge is -2.12. The van der Waals surface area contributed by atoms with Crippen molar-refractivity contribution >= 4 is 5.78 Å². The molecule has 0 saturated heterocycles. The highest BCUT2D eigenvalue weighted by Crippen LogP contribution is 2.13. The van der Waals surface area contributed by atoms with Gasteiger partial charge in [0.25, 0.3) is 0 Å². The highest BCUT2D eigenvalue weighted by Gasteiger charge is 2.12. The number of ketones is 1. The summed E-state index contributed by atoms with van der Waals surface area (Å²) in [5.41, 5.74) is 0.816. The first-order valence-corrected chi connectivity index (χ1v) is 5.26. The van der Waals surface area contributed by atoms with Gasteiger partial charge in [-0.15, -0.1) is 0 Å². The standard InChI is InChI=1S/C11H18O3/c1-2-6-13-8-5-11(12)10-4-3-7-14-9-10/h9H,2-8H2,1H3. The summed E-state index contributed by atoms with van der Waals surface area (Å²) in [6, 6.07) is 0. The number of ether oxygens (including phenoxy) is 2. The number of allylic oxidation sites excluding steroid dienone is 1. The van der Waals surface area contributed by atoms with Gasteiger partial charge in [-0.1, -0.05) is 6.92 Å². The van der Waals surface area contributed by atoms with E-state index in [-0.39, 0.29) is 5.78 Å². The third kappa shape index (κ3) is 3.92. The van der Waals surface area contributed by atoms with E-state index < -0.39 is 0 Å². The van der Waals surface area contributed by atoms with Crippen LogP contribution in [0.25, 0.3) is 0 Å². The Morgan fingerprint density at radius 3 is 3.07 bits per heavy atom. The second kappa shape index (κ2) is 6.60. The third-order valence-electron chi connectivity index (χ3n) is 2.11. The summed E-state index contributed by atoms with van der Waals surface area (Å²) in [6.07, 6.45) is 4.89. The summed E-state index contributed by atoms with van der Waals surface area (Å²) in [5, 5.41) is 0. The van der Waals surface area contributed by atoms with Crippen LogP contribution in [0.1, 0.15) is 32.6 Å². The molecule has 1 aliphatic rings. The molecule has 0 aromatic carbocycles. The Kier molecular flexibility index (Phi) is 5.30. The van der Waals surface area contributed by atoms with E-state index in [1.54, 1.807) is 6.26 Å². The lowest BCUT2D eigenvalue weighted by molar-refractivity contribution is -0.117. The molecule has 0 aromatic rings. The van der Waals surface area contributed by atoms with Crippen LogP contribution < -0.4 is 0 Å². The Morgan fingerprint density at radius 1 is 1.57 bits per heavy atom. The number of hydrogen-bond acceptors (Lipinski definition) is 3. The Balaban J connectivity index is 2.17. The molecule has 80 valence electrons. The normalized spacial score (nSPS) is 15.9. The van der Waals surface area contributed by atoms with Gasteiger partial charge in [-0.05, 0) is 19.3 Å². The van der Waals surface area contributed by atoms with E-state index in [1.165, 1.54) is 0 Å². The topological polar surface area (TPSA) is 35.5 Å². The molecular weight excluding hydrogens is 180 g/mol. The van der Waals surface area contributed by atoms with E-state index in [9.17, 15) is 4.79 Å². The molecule has 0 spiro atoms. The average Bonchev–Trinajstić information content (AvgIpc) is 2.25. The Hall–Kier alpha value is -0.830. The van der Waals surface area contributed by atoms with Crippen molar-refractivity contribution in [2.24, 2.45) is 0 Å². The largest absolute Gasteiger partial charge is 0.501 e. The van der Waals surface area contributed by atoms with Gasteiger partial charge in [0.2, 0.25) is 0 Å². The van der Waals surface area contributed by atoms with E-state index in [1.807, 2.05) is 0 Å². The van der Waals surface area contributed by atoms with Gasteiger partial charge in [0.15, 0.2) is 5.78 Å². The fraction of sp³-hybridized carbons (Fsp3) is 0.727. The minimum atomic E-state index is 0.167. The molecule has 14 heavy (non-hydrogen) atoms. The van der Waals surface area contributed by atoms with Gasteiger partial charge in [-0.2, -0.15) is 0 Å². The smallest absolute Gasteiger partial charge is 0.164 e. The molecule has 0 atom stereocenters. The minimum absolute atomic E-state index is 0.167. The summed E-state index contributed by atoms with van der Waals surface area (Å²) in [7, 11) is 0. The lowest BCUT2D eigenvalue weighted by Crippen LogP contribution is -2.11. The van der Waals surface area contributed by atoms with Gasteiger partial charge >= 0.3 is 0 Å². The van der Waals surface area contributed by atoms with E-state index >= 15 is 0 Å². The second-order valence-electron chi connectivity index (χ2n) is 3.40. The van der Waals surface area contributed by atoms with Crippen LogP contribution in [-0.2, 0) is 14.3 Å². The van der Waals surface area contributed by atoms with Gasteiger partial charge < -0.3 is 9.47 Å². The van der Waals surface area contributed by atoms with Gasteiger partial charge in [0.05, 0.1) is 19.5 Å². The maximum atomic E-state index is 11.5. The predicted octanol–water partition coefficient (Wildman–Crippen LogP) is 2.07. The number of carbonyl (C=O) groups is 1. The summed E-state index contributed by atoms with van der Waals surface area (Å²) in [4.78, 5) is 11.5. The first-order chi connectivity index (χ1) is 6.84. The van der Waals surface area contributed by atoms with E-state index in [2.05, 4.69) is 6.92 Å². The second-order valence-corrected chi connectivity index (χ2v) is 3.40. The molecule has 1 rings (SSSR count). The highest BCUT2D eigenvalue weighted by molar-refractivity contribution is 5.95. The zero-order valence-corrected chi connectivity index (χ0v) is 8.75. The Bertz CT molecular complexity index is 209. The Labute approximate surface area is 85.1 Å². The summed E-state index contributed by atoms with van der Waals surface area (Å²) in [5.74, 6) is 0.167. The number of rotatable bonds is 6. The molecule has 1 aliphatic heterocycles. The summed E-state index contributed by atoms with van der Waals surface area (Å²) < 4.78 is 10.4. The van der Waals surface area contributed by atoms with E-state index in [0.29, 0.717) is 13.0 Å². The summed E-state index contributed by atoms with van der Waals surface area (Å²) >= 11 is 0. The van der Waals surface area contributed by atoms with Crippen molar-refractivity contribution < 1.29 is 14.3 Å². The number of Topliss-reactive ketones (excluding diaryl/α,β-unsaturated/α-hetero) is 1. The molecule has 0 N–H and O–H groups in total. The first kappa shape index (κ1) is 11.2. The third-order valence-corrected chi connectivity index (χ3v) is 2.11. The van der Waals surface area contributed by atoms with Crippen molar-refractivity contribution in [3.8, 4) is 0 Å². The average molecular weight is 198 g/mol. The van der Waals surface area contributed by atoms with Crippen LogP contribution in [0, 0.1) is 0 Å².